The van der Waals surface area contributed by atoms with Crippen molar-refractivity contribution in [2.75, 3.05) is 0 Å². The number of aryl methyl sites for hydroxylation is 2. The molecule has 2 nitrogen and oxygen atoms in total. The molecule has 2 rings (SSSR count). The van der Waals surface area contributed by atoms with Crippen molar-refractivity contribution in [2.45, 2.75) is 26.7 Å². The van der Waals surface area contributed by atoms with Crippen molar-refractivity contribution in [3.8, 4) is 0 Å². The van der Waals surface area contributed by atoms with E-state index in [9.17, 15) is 0 Å². The fourth-order valence-electron chi connectivity index (χ4n) is 1.69. The van der Waals surface area contributed by atoms with Crippen LogP contribution in [0.1, 0.15) is 24.7 Å². The van der Waals surface area contributed by atoms with E-state index in [1.54, 1.807) is 0 Å². The van der Waals surface area contributed by atoms with Gasteiger partial charge in [0.25, 0.3) is 0 Å². The monoisotopic (exact) mass is 298 g/mol. The Labute approximate surface area is 108 Å². The Kier molecular flexibility index (Phi) is 3.45. The molecule has 0 radical (unpaired) electrons. The molecule has 0 aliphatic heterocycles. The van der Waals surface area contributed by atoms with Crippen LogP contribution in [0, 0.1) is 6.92 Å². The van der Waals surface area contributed by atoms with E-state index in [0.717, 1.165) is 39.7 Å². The summed E-state index contributed by atoms with van der Waals surface area (Å²) >= 11 is 9.65. The Hall–Kier alpha value is -0.670. The second-order valence-electron chi connectivity index (χ2n) is 3.77. The summed E-state index contributed by atoms with van der Waals surface area (Å²) in [6.45, 7) is 4.14. The molecule has 0 saturated carbocycles. The third-order valence-corrected chi connectivity index (χ3v) is 3.36. The predicted octanol–water partition coefficient (Wildman–Crippen LogP) is 4.31. The minimum atomic E-state index is 0.682. The molecule has 4 heteroatoms. The zero-order valence-electron chi connectivity index (χ0n) is 9.22. The lowest BCUT2D eigenvalue weighted by atomic mass is 10.1. The molecule has 0 fully saturated rings. The van der Waals surface area contributed by atoms with E-state index in [0.29, 0.717) is 5.02 Å². The highest BCUT2D eigenvalue weighted by atomic mass is 79.9. The number of hydrogen-bond acceptors (Lipinski definition) is 2. The molecule has 0 aliphatic rings. The molecule has 0 amide bonds. The maximum Gasteiger partial charge on any atom is 0.130 e. The Morgan fingerprint density at radius 3 is 2.75 bits per heavy atom. The molecule has 0 bridgehead atoms. The van der Waals surface area contributed by atoms with Crippen molar-refractivity contribution in [2.24, 2.45) is 0 Å². The van der Waals surface area contributed by atoms with E-state index in [-0.39, 0.29) is 0 Å². The number of aromatic nitrogens is 2. The van der Waals surface area contributed by atoms with Gasteiger partial charge >= 0.3 is 0 Å². The van der Waals surface area contributed by atoms with E-state index in [1.807, 2.05) is 19.1 Å². The molecular formula is C12H12BrClN2. The minimum Gasteiger partial charge on any atom is -0.231 e. The fourth-order valence-corrected chi connectivity index (χ4v) is 2.60. The van der Waals surface area contributed by atoms with Crippen LogP contribution in [0.3, 0.4) is 0 Å². The Morgan fingerprint density at radius 2 is 2.06 bits per heavy atom. The maximum atomic E-state index is 6.16. The van der Waals surface area contributed by atoms with Gasteiger partial charge in [0, 0.05) is 11.8 Å². The number of fused-ring (bicyclic) bond motifs is 1. The summed E-state index contributed by atoms with van der Waals surface area (Å²) in [5, 5.41) is 1.69. The summed E-state index contributed by atoms with van der Waals surface area (Å²) in [5.41, 5.74) is 1.97. The van der Waals surface area contributed by atoms with Gasteiger partial charge in [0.2, 0.25) is 0 Å². The molecule has 0 atom stereocenters. The predicted molar refractivity (Wildman–Crippen MR) is 71.0 cm³/mol. The van der Waals surface area contributed by atoms with Gasteiger partial charge in [-0.2, -0.15) is 0 Å². The highest BCUT2D eigenvalue weighted by Crippen LogP contribution is 2.29. The molecule has 0 N–H and O–H groups in total. The van der Waals surface area contributed by atoms with Crippen LogP contribution in [0.5, 0.6) is 0 Å². The van der Waals surface area contributed by atoms with Gasteiger partial charge in [0.1, 0.15) is 10.4 Å². The van der Waals surface area contributed by atoms with Crippen molar-refractivity contribution in [3.63, 3.8) is 0 Å². The molecule has 1 aromatic carbocycles. The van der Waals surface area contributed by atoms with Gasteiger partial charge in [0.15, 0.2) is 0 Å². The van der Waals surface area contributed by atoms with Crippen LogP contribution >= 0.6 is 27.5 Å². The first-order chi connectivity index (χ1) is 7.63. The zero-order chi connectivity index (χ0) is 11.7. The molecule has 0 spiro atoms. The Bertz CT molecular complexity index is 540. The van der Waals surface area contributed by atoms with Gasteiger partial charge in [0.05, 0.1) is 10.5 Å². The summed E-state index contributed by atoms with van der Waals surface area (Å²) in [5.74, 6) is 0.842. The van der Waals surface area contributed by atoms with Crippen molar-refractivity contribution in [1.29, 1.82) is 0 Å². The summed E-state index contributed by atoms with van der Waals surface area (Å²) in [6.07, 6.45) is 1.90. The molecule has 84 valence electrons. The van der Waals surface area contributed by atoms with Crippen LogP contribution in [0.4, 0.5) is 0 Å². The van der Waals surface area contributed by atoms with Crippen molar-refractivity contribution in [1.82, 2.24) is 9.97 Å². The van der Waals surface area contributed by atoms with Crippen molar-refractivity contribution >= 4 is 38.4 Å². The van der Waals surface area contributed by atoms with Gasteiger partial charge in [-0.25, -0.2) is 9.97 Å². The van der Waals surface area contributed by atoms with Gasteiger partial charge in [-0.1, -0.05) is 24.6 Å². The SMILES string of the molecule is CCCc1nc(Br)c2c(C)ccc(Cl)c2n1. The van der Waals surface area contributed by atoms with Crippen molar-refractivity contribution in [3.05, 3.63) is 33.1 Å². The largest absolute Gasteiger partial charge is 0.231 e. The lowest BCUT2D eigenvalue weighted by Gasteiger charge is -2.07. The lowest BCUT2D eigenvalue weighted by Crippen LogP contribution is -1.97. The molecule has 0 aliphatic carbocycles. The molecule has 1 heterocycles. The molecule has 0 unspecified atom stereocenters. The third kappa shape index (κ3) is 2.06. The molecule has 2 aromatic rings. The lowest BCUT2D eigenvalue weighted by molar-refractivity contribution is 0.839. The second kappa shape index (κ2) is 4.68. The number of rotatable bonds is 2. The van der Waals surface area contributed by atoms with Crippen LogP contribution in [-0.4, -0.2) is 9.97 Å². The first kappa shape index (κ1) is 11.8. The quantitative estimate of drug-likeness (QED) is 0.772. The topological polar surface area (TPSA) is 25.8 Å². The fraction of sp³-hybridized carbons (Fsp3) is 0.333. The maximum absolute atomic E-state index is 6.16. The smallest absolute Gasteiger partial charge is 0.130 e. The zero-order valence-corrected chi connectivity index (χ0v) is 11.6. The summed E-state index contributed by atoms with van der Waals surface area (Å²) in [4.78, 5) is 8.95. The number of nitrogens with zero attached hydrogens (tertiary/aromatic N) is 2. The van der Waals surface area contributed by atoms with E-state index < -0.39 is 0 Å². The van der Waals surface area contributed by atoms with Gasteiger partial charge < -0.3 is 0 Å². The average molecular weight is 300 g/mol. The Morgan fingerprint density at radius 1 is 1.31 bits per heavy atom. The standard InChI is InChI=1S/C12H12BrClN2/c1-3-4-9-15-11-8(14)6-5-7(2)10(11)12(13)16-9/h5-6H,3-4H2,1-2H3. The average Bonchev–Trinajstić information content (AvgIpc) is 2.23. The highest BCUT2D eigenvalue weighted by Gasteiger charge is 2.10. The first-order valence-corrected chi connectivity index (χ1v) is 6.41. The van der Waals surface area contributed by atoms with E-state index in [4.69, 9.17) is 11.6 Å². The van der Waals surface area contributed by atoms with Crippen molar-refractivity contribution < 1.29 is 0 Å². The van der Waals surface area contributed by atoms with Gasteiger partial charge in [-0.15, -0.1) is 0 Å². The summed E-state index contributed by atoms with van der Waals surface area (Å²) in [7, 11) is 0. The van der Waals surface area contributed by atoms with Crippen LogP contribution in [0.15, 0.2) is 16.7 Å². The highest BCUT2D eigenvalue weighted by molar-refractivity contribution is 9.10. The Balaban J connectivity index is 2.76. The second-order valence-corrected chi connectivity index (χ2v) is 4.93. The number of benzene rings is 1. The number of hydrogen-bond donors (Lipinski definition) is 0. The molecule has 0 saturated heterocycles. The number of halogens is 2. The van der Waals surface area contributed by atoms with E-state index in [1.165, 1.54) is 0 Å². The van der Waals surface area contributed by atoms with Crippen LogP contribution in [0.2, 0.25) is 5.02 Å². The minimum absolute atomic E-state index is 0.682. The van der Waals surface area contributed by atoms with Crippen LogP contribution in [-0.2, 0) is 6.42 Å². The normalized spacial score (nSPS) is 11.0. The van der Waals surface area contributed by atoms with Crippen LogP contribution in [0.25, 0.3) is 10.9 Å². The van der Waals surface area contributed by atoms with E-state index >= 15 is 0 Å². The summed E-state index contributed by atoms with van der Waals surface area (Å²) < 4.78 is 0.834. The molecule has 1 aromatic heterocycles. The van der Waals surface area contributed by atoms with Gasteiger partial charge in [-0.3, -0.25) is 0 Å². The third-order valence-electron chi connectivity index (χ3n) is 2.49. The first-order valence-electron chi connectivity index (χ1n) is 5.24. The summed E-state index contributed by atoms with van der Waals surface area (Å²) in [6, 6.07) is 3.87. The van der Waals surface area contributed by atoms with E-state index in [2.05, 4.69) is 32.8 Å². The molecule has 16 heavy (non-hydrogen) atoms. The molecular weight excluding hydrogens is 288 g/mol. The van der Waals surface area contributed by atoms with Gasteiger partial charge in [-0.05, 0) is 40.9 Å². The van der Waals surface area contributed by atoms with Crippen LogP contribution < -0.4 is 0 Å².